The van der Waals surface area contributed by atoms with Gasteiger partial charge in [-0.2, -0.15) is 0 Å². The number of benzene rings is 1. The Labute approximate surface area is 159 Å². The molecule has 27 heavy (non-hydrogen) atoms. The summed E-state index contributed by atoms with van der Waals surface area (Å²) in [4.78, 5) is 27.1. The molecule has 6 nitrogen and oxygen atoms in total. The summed E-state index contributed by atoms with van der Waals surface area (Å²) in [5, 5.41) is 0. The molecule has 0 N–H and O–H groups in total. The Morgan fingerprint density at radius 1 is 1.37 bits per heavy atom. The Bertz CT molecular complexity index is 790. The van der Waals surface area contributed by atoms with Crippen LogP contribution in [0.1, 0.15) is 32.3 Å². The number of ether oxygens (including phenoxy) is 3. The van der Waals surface area contributed by atoms with Crippen LogP contribution in [0.5, 0.6) is 5.75 Å². The molecule has 0 radical (unpaired) electrons. The van der Waals surface area contributed by atoms with Crippen molar-refractivity contribution in [2.75, 3.05) is 26.9 Å². The zero-order chi connectivity index (χ0) is 19.4. The Kier molecular flexibility index (Phi) is 5.96. The fraction of sp³-hybridized carbons (Fsp3) is 0.429. The Morgan fingerprint density at radius 2 is 2.15 bits per heavy atom. The highest BCUT2D eigenvalue weighted by atomic mass is 16.5. The van der Waals surface area contributed by atoms with Gasteiger partial charge in [-0.3, -0.25) is 4.79 Å². The van der Waals surface area contributed by atoms with Crippen LogP contribution < -0.4 is 4.74 Å². The van der Waals surface area contributed by atoms with Crippen LogP contribution in [-0.4, -0.2) is 49.7 Å². The van der Waals surface area contributed by atoms with Crippen molar-refractivity contribution in [1.29, 1.82) is 0 Å². The van der Waals surface area contributed by atoms with Gasteiger partial charge in [0.2, 0.25) is 0 Å². The number of rotatable bonds is 6. The van der Waals surface area contributed by atoms with E-state index in [9.17, 15) is 9.59 Å². The average molecular weight is 371 g/mol. The van der Waals surface area contributed by atoms with E-state index in [4.69, 9.17) is 14.2 Å². The first-order chi connectivity index (χ1) is 13.1. The Morgan fingerprint density at radius 3 is 2.81 bits per heavy atom. The molecule has 2 heterocycles. The number of para-hydroxylation sites is 1. The maximum Gasteiger partial charge on any atom is 0.340 e. The van der Waals surface area contributed by atoms with Crippen LogP contribution in [0, 0.1) is 0 Å². The second-order valence-corrected chi connectivity index (χ2v) is 6.53. The van der Waals surface area contributed by atoms with Gasteiger partial charge in [-0.25, -0.2) is 4.79 Å². The lowest BCUT2D eigenvalue weighted by Gasteiger charge is -2.21. The quantitative estimate of drug-likeness (QED) is 0.568. The first-order valence-electron chi connectivity index (χ1n) is 9.23. The molecule has 2 aliphatic heterocycles. The van der Waals surface area contributed by atoms with Gasteiger partial charge in [-0.1, -0.05) is 18.2 Å². The zero-order valence-corrected chi connectivity index (χ0v) is 16.0. The number of hydrogen-bond acceptors (Lipinski definition) is 5. The van der Waals surface area contributed by atoms with Gasteiger partial charge >= 0.3 is 5.97 Å². The molecule has 1 amide bonds. The standard InChI is InChI=1S/C21H25NO5/c1-4-26-18-10-6-5-8-15(18)12-17-19(21(24)25-3)14(2)22(20(17)23)13-16-9-7-11-27-16/h5-6,8,10,12,16H,4,7,9,11,13H2,1-3H3/b17-12-/t16-/m0/s1. The molecule has 1 fully saturated rings. The summed E-state index contributed by atoms with van der Waals surface area (Å²) in [7, 11) is 1.32. The molecule has 1 aromatic carbocycles. The third kappa shape index (κ3) is 3.90. The van der Waals surface area contributed by atoms with Crippen LogP contribution >= 0.6 is 0 Å². The number of nitrogens with zero attached hydrogens (tertiary/aromatic N) is 1. The van der Waals surface area contributed by atoms with Gasteiger partial charge in [-0.15, -0.1) is 0 Å². The van der Waals surface area contributed by atoms with Crippen LogP contribution in [0.2, 0.25) is 0 Å². The Hall–Kier alpha value is -2.60. The van der Waals surface area contributed by atoms with Crippen LogP contribution in [0.3, 0.4) is 0 Å². The van der Waals surface area contributed by atoms with Crippen LogP contribution in [-0.2, 0) is 19.1 Å². The summed E-state index contributed by atoms with van der Waals surface area (Å²) < 4.78 is 16.2. The summed E-state index contributed by atoms with van der Waals surface area (Å²) in [5.41, 5.74) is 1.97. The van der Waals surface area contributed by atoms with Crippen molar-refractivity contribution in [1.82, 2.24) is 4.90 Å². The van der Waals surface area contributed by atoms with Gasteiger partial charge in [0.1, 0.15) is 5.75 Å². The number of allylic oxidation sites excluding steroid dienone is 1. The van der Waals surface area contributed by atoms with Crippen molar-refractivity contribution in [2.45, 2.75) is 32.8 Å². The van der Waals surface area contributed by atoms with Gasteiger partial charge in [-0.05, 0) is 38.8 Å². The molecular weight excluding hydrogens is 346 g/mol. The Balaban J connectivity index is 2.00. The van der Waals surface area contributed by atoms with Crippen molar-refractivity contribution < 1.29 is 23.8 Å². The first-order valence-corrected chi connectivity index (χ1v) is 9.23. The smallest absolute Gasteiger partial charge is 0.340 e. The van der Waals surface area contributed by atoms with Gasteiger partial charge < -0.3 is 19.1 Å². The molecule has 3 rings (SSSR count). The van der Waals surface area contributed by atoms with E-state index in [1.807, 2.05) is 31.2 Å². The third-order valence-corrected chi connectivity index (χ3v) is 4.83. The highest BCUT2D eigenvalue weighted by molar-refractivity contribution is 6.16. The fourth-order valence-electron chi connectivity index (χ4n) is 3.48. The lowest BCUT2D eigenvalue weighted by molar-refractivity contribution is -0.136. The highest BCUT2D eigenvalue weighted by Crippen LogP contribution is 2.34. The van der Waals surface area contributed by atoms with Crippen molar-refractivity contribution in [2.24, 2.45) is 0 Å². The van der Waals surface area contributed by atoms with Gasteiger partial charge in [0.05, 0.1) is 37.5 Å². The first kappa shape index (κ1) is 19.2. The predicted octanol–water partition coefficient (Wildman–Crippen LogP) is 2.94. The SMILES string of the molecule is CCOc1ccccc1/C=C1\C(=O)N(C[C@@H]2CCCO2)C(C)=C1C(=O)OC. The molecule has 6 heteroatoms. The molecule has 1 atom stereocenters. The molecule has 0 unspecified atom stereocenters. The van der Waals surface area contributed by atoms with E-state index in [1.165, 1.54) is 7.11 Å². The molecule has 0 bridgehead atoms. The van der Waals surface area contributed by atoms with E-state index in [2.05, 4.69) is 0 Å². The minimum atomic E-state index is -0.518. The van der Waals surface area contributed by atoms with Gasteiger partial charge in [0.15, 0.2) is 0 Å². The molecule has 0 aliphatic carbocycles. The van der Waals surface area contributed by atoms with Crippen LogP contribution in [0.25, 0.3) is 6.08 Å². The summed E-state index contributed by atoms with van der Waals surface area (Å²) in [5.74, 6) is -0.0646. The molecule has 0 saturated carbocycles. The van der Waals surface area contributed by atoms with Crippen molar-refractivity contribution in [3.05, 3.63) is 46.7 Å². The van der Waals surface area contributed by atoms with Crippen LogP contribution in [0.4, 0.5) is 0 Å². The predicted molar refractivity (Wildman–Crippen MR) is 101 cm³/mol. The monoisotopic (exact) mass is 371 g/mol. The van der Waals surface area contributed by atoms with E-state index >= 15 is 0 Å². The minimum Gasteiger partial charge on any atom is -0.493 e. The summed E-state index contributed by atoms with van der Waals surface area (Å²) in [6, 6.07) is 7.44. The normalized spacial score (nSPS) is 21.3. The zero-order valence-electron chi connectivity index (χ0n) is 16.0. The maximum atomic E-state index is 13.1. The topological polar surface area (TPSA) is 65.1 Å². The minimum absolute atomic E-state index is 0.00198. The maximum absolute atomic E-state index is 13.1. The van der Waals surface area contributed by atoms with Gasteiger partial charge in [0.25, 0.3) is 5.91 Å². The van der Waals surface area contributed by atoms with Gasteiger partial charge in [0, 0.05) is 17.9 Å². The molecule has 1 aromatic rings. The van der Waals surface area contributed by atoms with Crippen molar-refractivity contribution >= 4 is 18.0 Å². The summed E-state index contributed by atoms with van der Waals surface area (Å²) >= 11 is 0. The van der Waals surface area contributed by atoms with E-state index < -0.39 is 5.97 Å². The third-order valence-electron chi connectivity index (χ3n) is 4.83. The summed E-state index contributed by atoms with van der Waals surface area (Å²) in [6.07, 6.45) is 3.61. The second kappa shape index (κ2) is 8.39. The van der Waals surface area contributed by atoms with E-state index in [0.29, 0.717) is 42.4 Å². The van der Waals surface area contributed by atoms with E-state index in [-0.39, 0.29) is 12.0 Å². The highest BCUT2D eigenvalue weighted by Gasteiger charge is 2.38. The molecule has 2 aliphatic rings. The van der Waals surface area contributed by atoms with E-state index in [0.717, 1.165) is 18.4 Å². The average Bonchev–Trinajstić information content (AvgIpc) is 3.26. The number of hydrogen-bond donors (Lipinski definition) is 0. The number of methoxy groups -OCH3 is 1. The largest absolute Gasteiger partial charge is 0.493 e. The van der Waals surface area contributed by atoms with E-state index in [1.54, 1.807) is 17.9 Å². The van der Waals surface area contributed by atoms with Crippen LogP contribution in [0.15, 0.2) is 41.1 Å². The molecule has 144 valence electrons. The summed E-state index contributed by atoms with van der Waals surface area (Å²) in [6.45, 7) is 5.34. The van der Waals surface area contributed by atoms with Crippen molar-refractivity contribution in [3.8, 4) is 5.75 Å². The lowest BCUT2D eigenvalue weighted by atomic mass is 10.0. The number of carbonyl (C=O) groups excluding carboxylic acids is 2. The molecular formula is C21H25NO5. The number of esters is 1. The number of carbonyl (C=O) groups is 2. The molecule has 0 spiro atoms. The number of amides is 1. The molecule has 1 saturated heterocycles. The fourth-order valence-corrected chi connectivity index (χ4v) is 3.48. The second-order valence-electron chi connectivity index (χ2n) is 6.53. The van der Waals surface area contributed by atoms with Crippen molar-refractivity contribution in [3.63, 3.8) is 0 Å². The molecule has 0 aromatic heterocycles. The lowest BCUT2D eigenvalue weighted by Crippen LogP contribution is -2.33.